The van der Waals surface area contributed by atoms with Crippen molar-refractivity contribution in [2.24, 2.45) is 5.10 Å². The number of carbonyl (C=O) groups is 1. The summed E-state index contributed by atoms with van der Waals surface area (Å²) in [5.74, 6) is 0.0377. The van der Waals surface area contributed by atoms with Gasteiger partial charge in [-0.05, 0) is 24.3 Å². The summed E-state index contributed by atoms with van der Waals surface area (Å²) in [6.45, 7) is -0.622. The zero-order valence-corrected chi connectivity index (χ0v) is 16.2. The molecule has 0 unspecified atom stereocenters. The number of aliphatic carboxylic acids is 1. The molecule has 0 amide bonds. The number of methoxy groups -OCH3 is 2. The number of anilines is 1. The lowest BCUT2D eigenvalue weighted by Gasteiger charge is -2.13. The Morgan fingerprint density at radius 2 is 1.90 bits per heavy atom. The first-order valence-corrected chi connectivity index (χ1v) is 8.74. The molecule has 1 heterocycles. The van der Waals surface area contributed by atoms with Crippen molar-refractivity contribution in [2.75, 3.05) is 26.3 Å². The summed E-state index contributed by atoms with van der Waals surface area (Å²) in [6.07, 6.45) is 2.94. The maximum absolute atomic E-state index is 10.7. The molecule has 2 aromatic carbocycles. The van der Waals surface area contributed by atoms with Gasteiger partial charge in [-0.15, -0.1) is 5.10 Å². The molecule has 0 atom stereocenters. The van der Waals surface area contributed by atoms with Crippen molar-refractivity contribution < 1.29 is 24.1 Å². The Labute approximate surface area is 172 Å². The minimum Gasteiger partial charge on any atom is -0.546 e. The van der Waals surface area contributed by atoms with Gasteiger partial charge in [0.25, 0.3) is 5.95 Å². The number of benzene rings is 2. The summed E-state index contributed by atoms with van der Waals surface area (Å²) >= 11 is 0. The number of carboxylic acid groups (broad SMARTS) is 1. The molecule has 1 N–H and O–H groups in total. The highest BCUT2D eigenvalue weighted by Crippen LogP contribution is 2.30. The highest BCUT2D eigenvalue weighted by molar-refractivity contribution is 5.85. The van der Waals surface area contributed by atoms with E-state index in [0.717, 1.165) is 5.56 Å². The van der Waals surface area contributed by atoms with Crippen LogP contribution in [0.4, 0.5) is 5.95 Å². The molecular formula is C20H18N5O5-. The van der Waals surface area contributed by atoms with E-state index < -0.39 is 12.6 Å². The molecule has 3 aromatic rings. The lowest BCUT2D eigenvalue weighted by atomic mass is 10.1. The van der Waals surface area contributed by atoms with Crippen LogP contribution in [0.3, 0.4) is 0 Å². The van der Waals surface area contributed by atoms with E-state index in [0.29, 0.717) is 22.8 Å². The average molecular weight is 408 g/mol. The van der Waals surface area contributed by atoms with Crippen LogP contribution in [0.15, 0.2) is 53.8 Å². The van der Waals surface area contributed by atoms with Crippen LogP contribution in [0.5, 0.6) is 17.2 Å². The first-order valence-electron chi connectivity index (χ1n) is 8.74. The fourth-order valence-electron chi connectivity index (χ4n) is 2.58. The third kappa shape index (κ3) is 4.98. The van der Waals surface area contributed by atoms with Crippen molar-refractivity contribution in [1.29, 1.82) is 0 Å². The molecule has 10 nitrogen and oxygen atoms in total. The van der Waals surface area contributed by atoms with Gasteiger partial charge in [-0.25, -0.2) is 10.4 Å². The Hall–Kier alpha value is -4.21. The summed E-state index contributed by atoms with van der Waals surface area (Å²) in [5, 5.41) is 22.6. The van der Waals surface area contributed by atoms with Gasteiger partial charge < -0.3 is 24.1 Å². The number of hydrogen-bond donors (Lipinski definition) is 1. The summed E-state index contributed by atoms with van der Waals surface area (Å²) in [7, 11) is 3.02. The van der Waals surface area contributed by atoms with Gasteiger partial charge in [-0.1, -0.05) is 18.2 Å². The first kappa shape index (κ1) is 20.5. The molecular weight excluding hydrogens is 390 g/mol. The van der Waals surface area contributed by atoms with Crippen molar-refractivity contribution >= 4 is 18.1 Å². The van der Waals surface area contributed by atoms with Gasteiger partial charge in [0.15, 0.2) is 11.5 Å². The number of ether oxygens (including phenoxy) is 3. The highest BCUT2D eigenvalue weighted by atomic mass is 16.5. The maximum Gasteiger partial charge on any atom is 0.263 e. The summed E-state index contributed by atoms with van der Waals surface area (Å²) < 4.78 is 15.8. The molecule has 1 aromatic heterocycles. The maximum atomic E-state index is 10.7. The molecule has 3 rings (SSSR count). The SMILES string of the molecule is COc1ccccc1-c1cnnc(N/N=C/c2cccc(OC)c2OCC(=O)[O-])n1. The van der Waals surface area contributed by atoms with E-state index in [4.69, 9.17) is 14.2 Å². The molecule has 0 bridgehead atoms. The quantitative estimate of drug-likeness (QED) is 0.409. The standard InChI is InChI=1S/C20H19N5O5/c1-28-16-8-4-3-7-14(16)15-11-22-25-20(23-15)24-21-10-13-6-5-9-17(29-2)19(13)30-12-18(26)27/h3-11H,12H2,1-2H3,(H,26,27)(H,23,24,25)/p-1/b21-10+. The molecule has 0 aliphatic carbocycles. The van der Waals surface area contributed by atoms with Crippen LogP contribution >= 0.6 is 0 Å². The second-order valence-electron chi connectivity index (χ2n) is 5.77. The van der Waals surface area contributed by atoms with E-state index in [1.807, 2.05) is 24.3 Å². The van der Waals surface area contributed by atoms with Crippen LogP contribution in [0.2, 0.25) is 0 Å². The van der Waals surface area contributed by atoms with Crippen LogP contribution in [-0.2, 0) is 4.79 Å². The van der Waals surface area contributed by atoms with Gasteiger partial charge in [-0.3, -0.25) is 0 Å². The number of nitrogens with zero attached hydrogens (tertiary/aromatic N) is 4. The Bertz CT molecular complexity index is 1060. The number of aromatic nitrogens is 3. The zero-order chi connectivity index (χ0) is 21.3. The minimum atomic E-state index is -1.35. The Morgan fingerprint density at radius 1 is 1.13 bits per heavy atom. The van der Waals surface area contributed by atoms with E-state index in [2.05, 4.69) is 25.7 Å². The largest absolute Gasteiger partial charge is 0.546 e. The number of carbonyl (C=O) groups excluding carboxylic acids is 1. The fourth-order valence-corrected chi connectivity index (χ4v) is 2.58. The molecule has 0 fully saturated rings. The fraction of sp³-hybridized carbons (Fsp3) is 0.150. The normalized spacial score (nSPS) is 10.6. The van der Waals surface area contributed by atoms with Gasteiger partial charge in [-0.2, -0.15) is 10.2 Å². The minimum absolute atomic E-state index is 0.162. The third-order valence-corrected chi connectivity index (χ3v) is 3.87. The van der Waals surface area contributed by atoms with Crippen molar-refractivity contribution in [3.05, 3.63) is 54.2 Å². The summed E-state index contributed by atoms with van der Waals surface area (Å²) in [4.78, 5) is 15.1. The molecule has 0 aliphatic heterocycles. The Balaban J connectivity index is 1.80. The highest BCUT2D eigenvalue weighted by Gasteiger charge is 2.10. The first-order chi connectivity index (χ1) is 14.6. The van der Waals surface area contributed by atoms with Gasteiger partial charge in [0, 0.05) is 11.1 Å². The zero-order valence-electron chi connectivity index (χ0n) is 16.2. The molecule has 0 spiro atoms. The lowest BCUT2D eigenvalue weighted by molar-refractivity contribution is -0.307. The number of carboxylic acids is 1. The topological polar surface area (TPSA) is 131 Å². The van der Waals surface area contributed by atoms with Crippen molar-refractivity contribution in [2.45, 2.75) is 0 Å². The number of para-hydroxylation sites is 2. The molecule has 0 saturated carbocycles. The average Bonchev–Trinajstić information content (AvgIpc) is 2.78. The second-order valence-corrected chi connectivity index (χ2v) is 5.77. The number of hydrazone groups is 1. The van der Waals surface area contributed by atoms with E-state index in [-0.39, 0.29) is 11.7 Å². The van der Waals surface area contributed by atoms with Crippen molar-refractivity contribution in [3.63, 3.8) is 0 Å². The lowest BCUT2D eigenvalue weighted by Crippen LogP contribution is -2.29. The van der Waals surface area contributed by atoms with Gasteiger partial charge in [0.05, 0.1) is 38.3 Å². The van der Waals surface area contributed by atoms with E-state index >= 15 is 0 Å². The monoisotopic (exact) mass is 408 g/mol. The van der Waals surface area contributed by atoms with Gasteiger partial charge in [0.2, 0.25) is 0 Å². The second kappa shape index (κ2) is 9.82. The third-order valence-electron chi connectivity index (χ3n) is 3.87. The van der Waals surface area contributed by atoms with Crippen LogP contribution in [0.1, 0.15) is 5.56 Å². The molecule has 30 heavy (non-hydrogen) atoms. The smallest absolute Gasteiger partial charge is 0.263 e. The van der Waals surface area contributed by atoms with E-state index in [1.165, 1.54) is 19.5 Å². The molecule has 154 valence electrons. The Morgan fingerprint density at radius 3 is 2.67 bits per heavy atom. The van der Waals surface area contributed by atoms with Crippen LogP contribution < -0.4 is 24.7 Å². The van der Waals surface area contributed by atoms with Gasteiger partial charge >= 0.3 is 0 Å². The molecule has 0 aliphatic rings. The number of rotatable bonds is 9. The molecule has 0 saturated heterocycles. The van der Waals surface area contributed by atoms with Crippen LogP contribution in [0, 0.1) is 0 Å². The number of nitrogens with one attached hydrogen (secondary N) is 1. The van der Waals surface area contributed by atoms with E-state index in [9.17, 15) is 9.90 Å². The predicted octanol–water partition coefficient (Wildman–Crippen LogP) is 1.13. The van der Waals surface area contributed by atoms with Crippen molar-refractivity contribution in [3.8, 4) is 28.5 Å². The van der Waals surface area contributed by atoms with Crippen molar-refractivity contribution in [1.82, 2.24) is 15.2 Å². The van der Waals surface area contributed by atoms with E-state index in [1.54, 1.807) is 25.3 Å². The number of hydrogen-bond acceptors (Lipinski definition) is 10. The molecule has 10 heteroatoms. The van der Waals surface area contributed by atoms with Crippen LogP contribution in [-0.4, -0.2) is 48.2 Å². The Kier molecular flexibility index (Phi) is 6.72. The summed E-state index contributed by atoms with van der Waals surface area (Å²) in [6, 6.07) is 12.4. The van der Waals surface area contributed by atoms with Crippen LogP contribution in [0.25, 0.3) is 11.3 Å². The summed E-state index contributed by atoms with van der Waals surface area (Å²) in [5.41, 5.74) is 4.48. The molecule has 0 radical (unpaired) electrons. The van der Waals surface area contributed by atoms with Gasteiger partial charge in [0.1, 0.15) is 12.4 Å². The predicted molar refractivity (Wildman–Crippen MR) is 107 cm³/mol.